The van der Waals surface area contributed by atoms with E-state index in [1.54, 1.807) is 38.7 Å². The van der Waals surface area contributed by atoms with Crippen molar-refractivity contribution in [3.63, 3.8) is 0 Å². The Morgan fingerprint density at radius 3 is 2.57 bits per heavy atom. The number of rotatable bonds is 10. The van der Waals surface area contributed by atoms with E-state index in [1.165, 1.54) is 6.07 Å². The van der Waals surface area contributed by atoms with E-state index in [9.17, 15) is 13.2 Å². The summed E-state index contributed by atoms with van der Waals surface area (Å²) in [5.74, 6) is 1.45. The molecule has 0 aliphatic heterocycles. The number of fused-ring (bicyclic) bond motifs is 1. The third-order valence-corrected chi connectivity index (χ3v) is 5.89. The van der Waals surface area contributed by atoms with E-state index < -0.39 is 18.7 Å². The zero-order valence-corrected chi connectivity index (χ0v) is 20.5. The van der Waals surface area contributed by atoms with Crippen LogP contribution < -0.4 is 20.1 Å². The molecule has 0 atom stereocenters. The highest BCUT2D eigenvalue weighted by molar-refractivity contribution is 5.88. The van der Waals surface area contributed by atoms with E-state index in [-0.39, 0.29) is 23.2 Å². The van der Waals surface area contributed by atoms with Gasteiger partial charge in [-0.3, -0.25) is 0 Å². The normalized spacial score (nSPS) is 11.0. The molecule has 0 bridgehead atoms. The largest absolute Gasteiger partial charge is 0.497 e. The first-order chi connectivity index (χ1) is 17.8. The minimum Gasteiger partial charge on any atom is -0.497 e. The number of halogens is 3. The second-order valence-corrected chi connectivity index (χ2v) is 8.27. The second kappa shape index (κ2) is 11.1. The molecule has 11 heteroatoms. The van der Waals surface area contributed by atoms with Crippen molar-refractivity contribution in [3.8, 4) is 17.6 Å². The molecule has 2 N–H and O–H groups in total. The first kappa shape index (κ1) is 25.6. The average molecular weight is 511 g/mol. The molecule has 37 heavy (non-hydrogen) atoms. The van der Waals surface area contributed by atoms with Crippen LogP contribution in [0.3, 0.4) is 0 Å². The summed E-state index contributed by atoms with van der Waals surface area (Å²) in [4.78, 5) is 9.03. The Kier molecular flexibility index (Phi) is 7.67. The molecule has 0 unspecified atom stereocenters. The topological polar surface area (TPSA) is 97.0 Å². The molecule has 0 saturated heterocycles. The van der Waals surface area contributed by atoms with Crippen LogP contribution in [0.15, 0.2) is 42.7 Å². The predicted octanol–water partition coefficient (Wildman–Crippen LogP) is 5.03. The van der Waals surface area contributed by atoms with Crippen molar-refractivity contribution in [1.29, 1.82) is 5.26 Å². The Morgan fingerprint density at radius 1 is 1.05 bits per heavy atom. The Balaban J connectivity index is 1.62. The first-order valence-corrected chi connectivity index (χ1v) is 11.3. The maximum absolute atomic E-state index is 14.7. The number of pyridine rings is 1. The summed E-state index contributed by atoms with van der Waals surface area (Å²) in [6, 6.07) is 11.4. The zero-order valence-electron chi connectivity index (χ0n) is 20.5. The summed E-state index contributed by atoms with van der Waals surface area (Å²) in [6.07, 6.45) is -1.69. The van der Waals surface area contributed by atoms with Crippen LogP contribution in [0.2, 0.25) is 0 Å². The van der Waals surface area contributed by atoms with Crippen LogP contribution in [-0.2, 0) is 26.6 Å². The van der Waals surface area contributed by atoms with Crippen molar-refractivity contribution in [2.45, 2.75) is 25.9 Å². The van der Waals surface area contributed by atoms with E-state index in [0.717, 1.165) is 17.1 Å². The van der Waals surface area contributed by atoms with Gasteiger partial charge in [-0.05, 0) is 29.8 Å². The van der Waals surface area contributed by atoms with Crippen molar-refractivity contribution in [3.05, 3.63) is 70.8 Å². The molecule has 2 heterocycles. The van der Waals surface area contributed by atoms with Crippen molar-refractivity contribution in [2.24, 2.45) is 7.05 Å². The maximum atomic E-state index is 14.7. The number of imidazole rings is 1. The number of anilines is 2. The molecule has 0 aliphatic carbocycles. The number of aryl methyl sites for hydroxylation is 1. The summed E-state index contributed by atoms with van der Waals surface area (Å²) in [7, 11) is 4.98. The van der Waals surface area contributed by atoms with Crippen LogP contribution in [0.4, 0.5) is 24.8 Å². The fraction of sp³-hybridized carbons (Fsp3) is 0.269. The van der Waals surface area contributed by atoms with E-state index in [0.29, 0.717) is 35.2 Å². The van der Waals surface area contributed by atoms with Crippen molar-refractivity contribution < 1.29 is 22.6 Å². The molecule has 8 nitrogen and oxygen atoms in total. The fourth-order valence-electron chi connectivity index (χ4n) is 4.00. The van der Waals surface area contributed by atoms with Gasteiger partial charge in [-0.15, -0.1) is 0 Å². The SMILES string of the molecule is COc1ccc(CNc2nc(NCc3c(F)cc(C#N)cc3CC(F)F)cc3c2ncn3C)c(OC)c1. The molecule has 0 aliphatic rings. The lowest BCUT2D eigenvalue weighted by Gasteiger charge is -2.15. The molecular formula is C26H25F3N6O2. The minimum atomic E-state index is -2.68. The molecule has 0 spiro atoms. The molecule has 4 aromatic rings. The fourth-order valence-corrected chi connectivity index (χ4v) is 4.00. The molecule has 2 aromatic heterocycles. The molecule has 2 aromatic carbocycles. The number of methoxy groups -OCH3 is 2. The van der Waals surface area contributed by atoms with Gasteiger partial charge >= 0.3 is 0 Å². The van der Waals surface area contributed by atoms with Crippen LogP contribution in [0, 0.1) is 17.1 Å². The molecule has 4 rings (SSSR count). The number of nitrogens with zero attached hydrogens (tertiary/aromatic N) is 4. The Hall–Kier alpha value is -4.46. The second-order valence-electron chi connectivity index (χ2n) is 8.27. The number of hydrogen-bond donors (Lipinski definition) is 2. The lowest BCUT2D eigenvalue weighted by atomic mass is 10.0. The van der Waals surface area contributed by atoms with E-state index in [1.807, 2.05) is 23.7 Å². The quantitative estimate of drug-likeness (QED) is 0.309. The number of alkyl halides is 2. The third kappa shape index (κ3) is 5.69. The van der Waals surface area contributed by atoms with Gasteiger partial charge in [0.15, 0.2) is 5.82 Å². The summed E-state index contributed by atoms with van der Waals surface area (Å²) >= 11 is 0. The Morgan fingerprint density at radius 2 is 1.86 bits per heavy atom. The number of benzene rings is 2. The van der Waals surface area contributed by atoms with Crippen LogP contribution >= 0.6 is 0 Å². The van der Waals surface area contributed by atoms with E-state index in [4.69, 9.17) is 14.7 Å². The van der Waals surface area contributed by atoms with E-state index in [2.05, 4.69) is 20.6 Å². The lowest BCUT2D eigenvalue weighted by molar-refractivity contribution is 0.148. The minimum absolute atomic E-state index is 0.00762. The highest BCUT2D eigenvalue weighted by Gasteiger charge is 2.17. The number of ether oxygens (including phenoxy) is 2. The van der Waals surface area contributed by atoms with Crippen LogP contribution in [0.25, 0.3) is 11.0 Å². The van der Waals surface area contributed by atoms with Gasteiger partial charge in [-0.2, -0.15) is 5.26 Å². The Labute approximate surface area is 211 Å². The summed E-state index contributed by atoms with van der Waals surface area (Å²) in [6.45, 7) is 0.278. The van der Waals surface area contributed by atoms with Gasteiger partial charge in [-0.1, -0.05) is 0 Å². The van der Waals surface area contributed by atoms with Crippen LogP contribution in [0.5, 0.6) is 11.5 Å². The molecule has 0 radical (unpaired) electrons. The van der Waals surface area contributed by atoms with Gasteiger partial charge in [0.05, 0.1) is 37.7 Å². The maximum Gasteiger partial charge on any atom is 0.242 e. The van der Waals surface area contributed by atoms with E-state index >= 15 is 0 Å². The molecular weight excluding hydrogens is 485 g/mol. The van der Waals surface area contributed by atoms with Gasteiger partial charge in [0.2, 0.25) is 6.43 Å². The van der Waals surface area contributed by atoms with Crippen molar-refractivity contribution >= 4 is 22.7 Å². The highest BCUT2D eigenvalue weighted by atomic mass is 19.3. The monoisotopic (exact) mass is 510 g/mol. The smallest absolute Gasteiger partial charge is 0.242 e. The summed E-state index contributed by atoms with van der Waals surface area (Å²) < 4.78 is 53.5. The Bertz CT molecular complexity index is 1470. The van der Waals surface area contributed by atoms with Gasteiger partial charge < -0.3 is 24.7 Å². The zero-order chi connectivity index (χ0) is 26.5. The van der Waals surface area contributed by atoms with Gasteiger partial charge in [-0.25, -0.2) is 23.1 Å². The number of nitriles is 1. The van der Waals surface area contributed by atoms with Gasteiger partial charge in [0, 0.05) is 49.8 Å². The first-order valence-electron chi connectivity index (χ1n) is 11.3. The summed E-state index contributed by atoms with van der Waals surface area (Å²) in [5, 5.41) is 15.4. The van der Waals surface area contributed by atoms with Crippen molar-refractivity contribution in [1.82, 2.24) is 14.5 Å². The molecule has 0 fully saturated rings. The average Bonchev–Trinajstić information content (AvgIpc) is 3.26. The van der Waals surface area contributed by atoms with Crippen molar-refractivity contribution in [2.75, 3.05) is 24.9 Å². The summed E-state index contributed by atoms with van der Waals surface area (Å²) in [5.41, 5.74) is 2.38. The number of nitrogens with one attached hydrogen (secondary N) is 2. The third-order valence-electron chi connectivity index (χ3n) is 5.89. The standard InChI is InChI=1S/C26H25F3N6O2/c1-35-14-33-25-21(35)10-24(31-13-19-17(8-23(28)29)6-15(11-30)7-20(19)27)34-26(25)32-12-16-4-5-18(36-2)9-22(16)37-3/h4-7,9-10,14,23H,8,12-13H2,1-3H3,(H2,31,32,34). The van der Waals surface area contributed by atoms with Gasteiger partial charge in [0.1, 0.15) is 28.7 Å². The molecule has 0 saturated carbocycles. The molecule has 0 amide bonds. The number of aromatic nitrogens is 3. The predicted molar refractivity (Wildman–Crippen MR) is 134 cm³/mol. The highest BCUT2D eigenvalue weighted by Crippen LogP contribution is 2.28. The molecule has 192 valence electrons. The lowest BCUT2D eigenvalue weighted by Crippen LogP contribution is -2.11. The number of hydrogen-bond acceptors (Lipinski definition) is 7. The van der Waals surface area contributed by atoms with Gasteiger partial charge in [0.25, 0.3) is 0 Å². The van der Waals surface area contributed by atoms with Crippen LogP contribution in [-0.4, -0.2) is 35.2 Å². The van der Waals surface area contributed by atoms with Crippen LogP contribution in [0.1, 0.15) is 22.3 Å².